The van der Waals surface area contributed by atoms with Crippen molar-refractivity contribution in [3.63, 3.8) is 0 Å². The molecule has 0 spiro atoms. The van der Waals surface area contributed by atoms with Gasteiger partial charge in [0.15, 0.2) is 0 Å². The molecule has 0 fully saturated rings. The van der Waals surface area contributed by atoms with E-state index in [4.69, 9.17) is 11.6 Å². The van der Waals surface area contributed by atoms with Crippen LogP contribution in [0.15, 0.2) is 69.6 Å². The summed E-state index contributed by atoms with van der Waals surface area (Å²) in [5.41, 5.74) is 5.81. The molecule has 3 aromatic rings. The molecule has 140 valence electrons. The Balaban J connectivity index is 2.25. The van der Waals surface area contributed by atoms with Gasteiger partial charge in [0.2, 0.25) is 0 Å². The molecule has 0 aliphatic carbocycles. The Morgan fingerprint density at radius 2 is 1.52 bits per heavy atom. The maximum absolute atomic E-state index is 6.14. The van der Waals surface area contributed by atoms with Crippen LogP contribution in [0.25, 0.3) is 0 Å². The first-order valence-corrected chi connectivity index (χ1v) is 10.7. The van der Waals surface area contributed by atoms with E-state index in [1.54, 1.807) is 0 Å². The molecule has 0 saturated heterocycles. The summed E-state index contributed by atoms with van der Waals surface area (Å²) in [7, 11) is 0. The third kappa shape index (κ3) is 4.59. The number of hydrogen-bond donors (Lipinski definition) is 0. The first kappa shape index (κ1) is 20.4. The van der Waals surface area contributed by atoms with Gasteiger partial charge in [0, 0.05) is 20.9 Å². The Bertz CT molecular complexity index is 959. The van der Waals surface area contributed by atoms with Crippen molar-refractivity contribution in [2.24, 2.45) is 0 Å². The van der Waals surface area contributed by atoms with E-state index in [1.807, 2.05) is 12.1 Å². The number of rotatable bonds is 3. The molecule has 0 amide bonds. The third-order valence-electron chi connectivity index (χ3n) is 4.45. The molecule has 0 heterocycles. The van der Waals surface area contributed by atoms with Gasteiger partial charge in [0.05, 0.1) is 10.2 Å². The Labute approximate surface area is 183 Å². The molecule has 4 heteroatoms. The molecule has 0 saturated carbocycles. The maximum atomic E-state index is 6.14. The van der Waals surface area contributed by atoms with Crippen molar-refractivity contribution in [1.29, 1.82) is 0 Å². The SMILES string of the molecule is Cc1cc(Br)c(Br)c(N(c2ccc(Cl)cc2)c2cccc(C(C)(C)C)c2)c1. The van der Waals surface area contributed by atoms with Crippen LogP contribution in [0.3, 0.4) is 0 Å². The van der Waals surface area contributed by atoms with Crippen molar-refractivity contribution in [3.8, 4) is 0 Å². The van der Waals surface area contributed by atoms with Gasteiger partial charge in [-0.3, -0.25) is 0 Å². The summed E-state index contributed by atoms with van der Waals surface area (Å²) in [6.07, 6.45) is 0. The van der Waals surface area contributed by atoms with Crippen LogP contribution < -0.4 is 4.90 Å². The fourth-order valence-corrected chi connectivity index (χ4v) is 4.09. The molecule has 3 rings (SSSR count). The van der Waals surface area contributed by atoms with Crippen LogP contribution in [-0.4, -0.2) is 0 Å². The van der Waals surface area contributed by atoms with Crippen molar-refractivity contribution in [2.45, 2.75) is 33.1 Å². The molecular formula is C23H22Br2ClN. The lowest BCUT2D eigenvalue weighted by Crippen LogP contribution is -2.15. The molecule has 1 nitrogen and oxygen atoms in total. The highest BCUT2D eigenvalue weighted by Gasteiger charge is 2.20. The Morgan fingerprint density at radius 1 is 0.852 bits per heavy atom. The zero-order chi connectivity index (χ0) is 19.8. The standard InChI is InChI=1S/C23H22Br2ClN/c1-15-12-20(24)22(25)21(13-15)27(18-10-8-17(26)9-11-18)19-7-5-6-16(14-19)23(2,3)4/h5-14H,1-4H3. The van der Waals surface area contributed by atoms with Crippen LogP contribution in [0.4, 0.5) is 17.1 Å². The average molecular weight is 508 g/mol. The predicted molar refractivity (Wildman–Crippen MR) is 125 cm³/mol. The molecule has 0 radical (unpaired) electrons. The minimum Gasteiger partial charge on any atom is -0.309 e. The van der Waals surface area contributed by atoms with Crippen LogP contribution in [0.1, 0.15) is 31.9 Å². The first-order valence-electron chi connectivity index (χ1n) is 8.79. The average Bonchev–Trinajstić information content (AvgIpc) is 2.60. The largest absolute Gasteiger partial charge is 0.309 e. The van der Waals surface area contributed by atoms with Crippen molar-refractivity contribution in [3.05, 3.63) is 85.8 Å². The van der Waals surface area contributed by atoms with E-state index < -0.39 is 0 Å². The number of aryl methyl sites for hydroxylation is 1. The van der Waals surface area contributed by atoms with Gasteiger partial charge >= 0.3 is 0 Å². The van der Waals surface area contributed by atoms with E-state index in [0.29, 0.717) is 0 Å². The van der Waals surface area contributed by atoms with E-state index in [0.717, 1.165) is 31.0 Å². The van der Waals surface area contributed by atoms with E-state index in [9.17, 15) is 0 Å². The summed E-state index contributed by atoms with van der Waals surface area (Å²) in [6, 6.07) is 21.0. The molecule has 0 bridgehead atoms. The van der Waals surface area contributed by atoms with Gasteiger partial charge in [-0.25, -0.2) is 0 Å². The molecule has 0 atom stereocenters. The fourth-order valence-electron chi connectivity index (χ4n) is 3.00. The highest BCUT2D eigenvalue weighted by atomic mass is 79.9. The zero-order valence-electron chi connectivity index (χ0n) is 15.9. The van der Waals surface area contributed by atoms with E-state index in [1.165, 1.54) is 11.1 Å². The second-order valence-corrected chi connectivity index (χ2v) is 9.78. The highest BCUT2D eigenvalue weighted by molar-refractivity contribution is 9.13. The summed E-state index contributed by atoms with van der Waals surface area (Å²) in [5, 5.41) is 0.728. The Hall–Kier alpha value is -1.29. The zero-order valence-corrected chi connectivity index (χ0v) is 19.8. The van der Waals surface area contributed by atoms with Gasteiger partial charge in [-0.15, -0.1) is 0 Å². The molecule has 0 aromatic heterocycles. The minimum atomic E-state index is 0.0755. The van der Waals surface area contributed by atoms with E-state index in [2.05, 4.69) is 113 Å². The summed E-state index contributed by atoms with van der Waals surface area (Å²) >= 11 is 13.6. The molecule has 27 heavy (non-hydrogen) atoms. The molecule has 0 N–H and O–H groups in total. The van der Waals surface area contributed by atoms with E-state index >= 15 is 0 Å². The topological polar surface area (TPSA) is 3.24 Å². The van der Waals surface area contributed by atoms with Crippen molar-refractivity contribution >= 4 is 60.5 Å². The lowest BCUT2D eigenvalue weighted by molar-refractivity contribution is 0.590. The Morgan fingerprint density at radius 3 is 2.15 bits per heavy atom. The number of nitrogens with zero attached hydrogens (tertiary/aromatic N) is 1. The second-order valence-electron chi connectivity index (χ2n) is 7.69. The second kappa shape index (κ2) is 7.98. The summed E-state index contributed by atoms with van der Waals surface area (Å²) in [6.45, 7) is 8.81. The highest BCUT2D eigenvalue weighted by Crippen LogP contribution is 2.43. The van der Waals surface area contributed by atoms with Crippen molar-refractivity contribution < 1.29 is 0 Å². The number of benzene rings is 3. The smallest absolute Gasteiger partial charge is 0.0617 e. The predicted octanol–water partition coefficient (Wildman–Crippen LogP) is 8.94. The van der Waals surface area contributed by atoms with Gasteiger partial charge in [-0.05, 0) is 104 Å². The van der Waals surface area contributed by atoms with Crippen LogP contribution in [0.5, 0.6) is 0 Å². The fraction of sp³-hybridized carbons (Fsp3) is 0.217. The summed E-state index contributed by atoms with van der Waals surface area (Å²) in [4.78, 5) is 2.26. The van der Waals surface area contributed by atoms with Gasteiger partial charge in [0.25, 0.3) is 0 Å². The molecule has 0 unspecified atom stereocenters. The number of halogens is 3. The third-order valence-corrected chi connectivity index (χ3v) is 6.69. The first-order chi connectivity index (χ1) is 12.7. The molecule has 3 aromatic carbocycles. The molecular weight excluding hydrogens is 486 g/mol. The maximum Gasteiger partial charge on any atom is 0.0617 e. The van der Waals surface area contributed by atoms with Gasteiger partial charge < -0.3 is 4.90 Å². The van der Waals surface area contributed by atoms with Gasteiger partial charge in [-0.2, -0.15) is 0 Å². The van der Waals surface area contributed by atoms with Gasteiger partial charge in [0.1, 0.15) is 0 Å². The van der Waals surface area contributed by atoms with Gasteiger partial charge in [-0.1, -0.05) is 44.5 Å². The van der Waals surface area contributed by atoms with Crippen molar-refractivity contribution in [2.75, 3.05) is 4.90 Å². The minimum absolute atomic E-state index is 0.0755. The van der Waals surface area contributed by atoms with Crippen LogP contribution in [0, 0.1) is 6.92 Å². The Kier molecular flexibility index (Phi) is 6.05. The molecule has 0 aliphatic heterocycles. The number of anilines is 3. The van der Waals surface area contributed by atoms with Crippen LogP contribution >= 0.6 is 43.5 Å². The lowest BCUT2D eigenvalue weighted by Gasteiger charge is -2.29. The number of hydrogen-bond acceptors (Lipinski definition) is 1. The summed E-state index contributed by atoms with van der Waals surface area (Å²) in [5.74, 6) is 0. The monoisotopic (exact) mass is 505 g/mol. The normalized spacial score (nSPS) is 11.5. The van der Waals surface area contributed by atoms with Crippen LogP contribution in [-0.2, 0) is 5.41 Å². The molecule has 0 aliphatic rings. The summed E-state index contributed by atoms with van der Waals surface area (Å²) < 4.78 is 2.05. The van der Waals surface area contributed by atoms with E-state index in [-0.39, 0.29) is 5.41 Å². The quantitative estimate of drug-likeness (QED) is 0.342. The van der Waals surface area contributed by atoms with Crippen molar-refractivity contribution in [1.82, 2.24) is 0 Å². The van der Waals surface area contributed by atoms with Crippen LogP contribution in [0.2, 0.25) is 5.02 Å². The lowest BCUT2D eigenvalue weighted by atomic mass is 9.87.